The SMILES string of the molecule is CN=C(NCc1ccc(N2CCOC(C)C2)nc1)NCc1cccc(F)c1. The predicted molar refractivity (Wildman–Crippen MR) is 105 cm³/mol. The Morgan fingerprint density at radius 2 is 2.07 bits per heavy atom. The average Bonchev–Trinajstić information content (AvgIpc) is 2.69. The molecule has 144 valence electrons. The van der Waals surface area contributed by atoms with Gasteiger partial charge in [-0.3, -0.25) is 4.99 Å². The van der Waals surface area contributed by atoms with Gasteiger partial charge in [0.05, 0.1) is 12.7 Å². The van der Waals surface area contributed by atoms with Crippen molar-refractivity contribution in [2.75, 3.05) is 31.6 Å². The molecule has 0 bridgehead atoms. The monoisotopic (exact) mass is 371 g/mol. The van der Waals surface area contributed by atoms with Gasteiger partial charge in [-0.2, -0.15) is 0 Å². The smallest absolute Gasteiger partial charge is 0.191 e. The number of morpholine rings is 1. The first-order valence-electron chi connectivity index (χ1n) is 9.14. The highest BCUT2D eigenvalue weighted by Crippen LogP contribution is 2.15. The summed E-state index contributed by atoms with van der Waals surface area (Å²) in [6, 6.07) is 10.6. The standard InChI is InChI=1S/C20H26FN5O/c1-15-14-26(8-9-27-15)19-7-6-17(12-23-19)13-25-20(22-2)24-11-16-4-3-5-18(21)10-16/h3-7,10,12,15H,8-9,11,13-14H2,1-2H3,(H2,22,24,25). The van der Waals surface area contributed by atoms with Gasteiger partial charge >= 0.3 is 0 Å². The Kier molecular flexibility index (Phi) is 6.59. The number of anilines is 1. The van der Waals surface area contributed by atoms with Crippen LogP contribution in [0.2, 0.25) is 0 Å². The third-order valence-corrected chi connectivity index (χ3v) is 4.41. The molecule has 0 spiro atoms. The van der Waals surface area contributed by atoms with Crippen LogP contribution in [0.25, 0.3) is 0 Å². The molecule has 0 amide bonds. The highest BCUT2D eigenvalue weighted by Gasteiger charge is 2.17. The van der Waals surface area contributed by atoms with E-state index in [2.05, 4.69) is 38.5 Å². The third kappa shape index (κ3) is 5.65. The van der Waals surface area contributed by atoms with Crippen LogP contribution >= 0.6 is 0 Å². The topological polar surface area (TPSA) is 61.8 Å². The maximum Gasteiger partial charge on any atom is 0.191 e. The number of guanidine groups is 1. The number of aromatic nitrogens is 1. The first-order valence-corrected chi connectivity index (χ1v) is 9.14. The molecule has 1 fully saturated rings. The van der Waals surface area contributed by atoms with E-state index >= 15 is 0 Å². The van der Waals surface area contributed by atoms with Crippen molar-refractivity contribution in [3.8, 4) is 0 Å². The molecule has 0 radical (unpaired) electrons. The lowest BCUT2D eigenvalue weighted by Gasteiger charge is -2.32. The molecule has 1 aromatic carbocycles. The molecule has 3 rings (SSSR count). The number of ether oxygens (including phenoxy) is 1. The van der Waals surface area contributed by atoms with Gasteiger partial charge in [-0.25, -0.2) is 9.37 Å². The van der Waals surface area contributed by atoms with Crippen molar-refractivity contribution in [1.29, 1.82) is 0 Å². The second-order valence-corrected chi connectivity index (χ2v) is 6.56. The summed E-state index contributed by atoms with van der Waals surface area (Å²) in [5, 5.41) is 6.43. The normalized spacial score (nSPS) is 17.7. The molecule has 1 saturated heterocycles. The summed E-state index contributed by atoms with van der Waals surface area (Å²) in [6.45, 7) is 5.65. The Morgan fingerprint density at radius 1 is 1.26 bits per heavy atom. The number of nitrogens with one attached hydrogen (secondary N) is 2. The average molecular weight is 371 g/mol. The summed E-state index contributed by atoms with van der Waals surface area (Å²) in [5.41, 5.74) is 1.93. The fraction of sp³-hybridized carbons (Fsp3) is 0.400. The molecule has 0 saturated carbocycles. The Balaban J connectivity index is 1.49. The molecule has 7 heteroatoms. The zero-order valence-electron chi connectivity index (χ0n) is 15.8. The zero-order chi connectivity index (χ0) is 19.1. The molecule has 1 atom stereocenters. The highest BCUT2D eigenvalue weighted by molar-refractivity contribution is 5.79. The first-order chi connectivity index (χ1) is 13.1. The number of pyridine rings is 1. The fourth-order valence-corrected chi connectivity index (χ4v) is 2.97. The third-order valence-electron chi connectivity index (χ3n) is 4.41. The van der Waals surface area contributed by atoms with Gasteiger partial charge in [0.1, 0.15) is 11.6 Å². The Bertz CT molecular complexity index is 765. The second-order valence-electron chi connectivity index (χ2n) is 6.56. The quantitative estimate of drug-likeness (QED) is 0.624. The maximum atomic E-state index is 13.2. The van der Waals surface area contributed by atoms with Gasteiger partial charge in [0.2, 0.25) is 0 Å². The van der Waals surface area contributed by atoms with Crippen molar-refractivity contribution in [2.45, 2.75) is 26.1 Å². The van der Waals surface area contributed by atoms with Crippen LogP contribution in [0.4, 0.5) is 10.2 Å². The second kappa shape index (κ2) is 9.32. The van der Waals surface area contributed by atoms with E-state index in [4.69, 9.17) is 4.74 Å². The van der Waals surface area contributed by atoms with Crippen LogP contribution < -0.4 is 15.5 Å². The molecular formula is C20H26FN5O. The number of rotatable bonds is 5. The molecule has 6 nitrogen and oxygen atoms in total. The molecule has 1 aromatic heterocycles. The summed E-state index contributed by atoms with van der Waals surface area (Å²) in [7, 11) is 1.71. The van der Waals surface area contributed by atoms with E-state index in [-0.39, 0.29) is 11.9 Å². The lowest BCUT2D eigenvalue weighted by molar-refractivity contribution is 0.0529. The minimum absolute atomic E-state index is 0.231. The molecule has 2 aromatic rings. The van der Waals surface area contributed by atoms with Crippen LogP contribution in [-0.4, -0.2) is 43.8 Å². The molecule has 1 unspecified atom stereocenters. The number of nitrogens with zero attached hydrogens (tertiary/aromatic N) is 3. The van der Waals surface area contributed by atoms with E-state index in [1.807, 2.05) is 18.3 Å². The minimum atomic E-state index is -0.238. The van der Waals surface area contributed by atoms with Gasteiger partial charge < -0.3 is 20.3 Å². The van der Waals surface area contributed by atoms with Gasteiger partial charge in [0.25, 0.3) is 0 Å². The van der Waals surface area contributed by atoms with Crippen molar-refractivity contribution in [3.63, 3.8) is 0 Å². The molecular weight excluding hydrogens is 345 g/mol. The van der Waals surface area contributed by atoms with Crippen molar-refractivity contribution >= 4 is 11.8 Å². The Morgan fingerprint density at radius 3 is 2.74 bits per heavy atom. The van der Waals surface area contributed by atoms with E-state index in [9.17, 15) is 4.39 Å². The number of halogens is 1. The van der Waals surface area contributed by atoms with Crippen molar-refractivity contribution in [3.05, 3.63) is 59.5 Å². The zero-order valence-corrected chi connectivity index (χ0v) is 15.8. The van der Waals surface area contributed by atoms with E-state index < -0.39 is 0 Å². The highest BCUT2D eigenvalue weighted by atomic mass is 19.1. The summed E-state index contributed by atoms with van der Waals surface area (Å²) in [4.78, 5) is 11.0. The first kappa shape index (κ1) is 19.1. The summed E-state index contributed by atoms with van der Waals surface area (Å²) in [5.74, 6) is 1.39. The van der Waals surface area contributed by atoms with Gasteiger partial charge in [-0.05, 0) is 36.2 Å². The lowest BCUT2D eigenvalue weighted by Crippen LogP contribution is -2.41. The van der Waals surface area contributed by atoms with Crippen LogP contribution in [0.3, 0.4) is 0 Å². The predicted octanol–water partition coefficient (Wildman–Crippen LogP) is 2.31. The van der Waals surface area contributed by atoms with Crippen molar-refractivity contribution in [1.82, 2.24) is 15.6 Å². The van der Waals surface area contributed by atoms with Crippen molar-refractivity contribution in [2.24, 2.45) is 4.99 Å². The van der Waals surface area contributed by atoms with Gasteiger partial charge in [-0.1, -0.05) is 18.2 Å². The molecule has 1 aliphatic rings. The van der Waals surface area contributed by atoms with Crippen LogP contribution in [0.1, 0.15) is 18.1 Å². The molecule has 2 N–H and O–H groups in total. The molecule has 2 heterocycles. The van der Waals surface area contributed by atoms with E-state index in [1.165, 1.54) is 12.1 Å². The van der Waals surface area contributed by atoms with Crippen LogP contribution in [0.15, 0.2) is 47.6 Å². The van der Waals surface area contributed by atoms with Crippen LogP contribution in [-0.2, 0) is 17.8 Å². The fourth-order valence-electron chi connectivity index (χ4n) is 2.97. The van der Waals surface area contributed by atoms with Gasteiger partial charge in [0, 0.05) is 39.4 Å². The summed E-state index contributed by atoms with van der Waals surface area (Å²) < 4.78 is 18.8. The minimum Gasteiger partial charge on any atom is -0.375 e. The molecule has 27 heavy (non-hydrogen) atoms. The van der Waals surface area contributed by atoms with Gasteiger partial charge in [0.15, 0.2) is 5.96 Å². The Hall–Kier alpha value is -2.67. The lowest BCUT2D eigenvalue weighted by atomic mass is 10.2. The van der Waals surface area contributed by atoms with E-state index in [1.54, 1.807) is 13.1 Å². The number of hydrogen-bond donors (Lipinski definition) is 2. The number of aliphatic imine (C=N–C) groups is 1. The largest absolute Gasteiger partial charge is 0.375 e. The van der Waals surface area contributed by atoms with Gasteiger partial charge in [-0.15, -0.1) is 0 Å². The Labute approximate surface area is 159 Å². The summed E-state index contributed by atoms with van der Waals surface area (Å²) >= 11 is 0. The van der Waals surface area contributed by atoms with E-state index in [0.29, 0.717) is 19.0 Å². The van der Waals surface area contributed by atoms with Crippen LogP contribution in [0, 0.1) is 5.82 Å². The molecule has 0 aliphatic carbocycles. The summed E-state index contributed by atoms with van der Waals surface area (Å²) in [6.07, 6.45) is 2.11. The van der Waals surface area contributed by atoms with E-state index in [0.717, 1.165) is 36.6 Å². The number of hydrogen-bond acceptors (Lipinski definition) is 4. The maximum absolute atomic E-state index is 13.2. The number of benzene rings is 1. The van der Waals surface area contributed by atoms with Crippen LogP contribution in [0.5, 0.6) is 0 Å². The van der Waals surface area contributed by atoms with Crippen molar-refractivity contribution < 1.29 is 9.13 Å². The molecule has 1 aliphatic heterocycles.